The standard InChI is InChI=1S/C23H27N3O5S/c1-25-10-12-26(13-11-25)32(28,29)20-6-2-19(3-7-20)17-24-23(27)9-5-18-4-8-21-22(16-18)31-15-14-30-21/h2-9,16H,10-15,17H2,1H3,(H,24,27)/b9-5-. The van der Waals surface area contributed by atoms with Gasteiger partial charge in [0.2, 0.25) is 15.9 Å². The molecule has 2 aromatic rings. The highest BCUT2D eigenvalue weighted by atomic mass is 32.2. The van der Waals surface area contributed by atoms with Gasteiger partial charge in [0.15, 0.2) is 11.5 Å². The van der Waals surface area contributed by atoms with Crippen molar-refractivity contribution >= 4 is 22.0 Å². The minimum Gasteiger partial charge on any atom is -0.486 e. The molecule has 8 nitrogen and oxygen atoms in total. The van der Waals surface area contributed by atoms with E-state index in [9.17, 15) is 13.2 Å². The molecule has 0 saturated carbocycles. The van der Waals surface area contributed by atoms with E-state index in [0.29, 0.717) is 44.3 Å². The van der Waals surface area contributed by atoms with Crippen LogP contribution >= 0.6 is 0 Å². The van der Waals surface area contributed by atoms with Crippen LogP contribution in [0.5, 0.6) is 11.5 Å². The molecule has 0 unspecified atom stereocenters. The highest BCUT2D eigenvalue weighted by Gasteiger charge is 2.27. The van der Waals surface area contributed by atoms with E-state index >= 15 is 0 Å². The predicted octanol–water partition coefficient (Wildman–Crippen LogP) is 1.72. The molecular weight excluding hydrogens is 430 g/mol. The second kappa shape index (κ2) is 9.72. The zero-order valence-corrected chi connectivity index (χ0v) is 18.8. The molecule has 1 fully saturated rings. The molecule has 2 heterocycles. The van der Waals surface area contributed by atoms with Crippen LogP contribution in [0.1, 0.15) is 11.1 Å². The lowest BCUT2D eigenvalue weighted by molar-refractivity contribution is -0.116. The van der Waals surface area contributed by atoms with Crippen molar-refractivity contribution < 1.29 is 22.7 Å². The van der Waals surface area contributed by atoms with E-state index in [0.717, 1.165) is 24.2 Å². The van der Waals surface area contributed by atoms with Gasteiger partial charge >= 0.3 is 0 Å². The van der Waals surface area contributed by atoms with Crippen molar-refractivity contribution in [3.05, 3.63) is 59.7 Å². The number of rotatable bonds is 6. The number of hydrogen-bond acceptors (Lipinski definition) is 6. The van der Waals surface area contributed by atoms with Crippen LogP contribution in [0.2, 0.25) is 0 Å². The average molecular weight is 458 g/mol. The first-order valence-electron chi connectivity index (χ1n) is 10.5. The van der Waals surface area contributed by atoms with E-state index < -0.39 is 10.0 Å². The summed E-state index contributed by atoms with van der Waals surface area (Å²) in [5.41, 5.74) is 1.66. The number of nitrogens with one attached hydrogen (secondary N) is 1. The van der Waals surface area contributed by atoms with E-state index in [1.165, 1.54) is 10.4 Å². The number of nitrogens with zero attached hydrogens (tertiary/aromatic N) is 2. The van der Waals surface area contributed by atoms with Crippen LogP contribution in [0.15, 0.2) is 53.4 Å². The van der Waals surface area contributed by atoms with Gasteiger partial charge in [-0.2, -0.15) is 4.31 Å². The number of sulfonamides is 1. The molecule has 0 aromatic heterocycles. The topological polar surface area (TPSA) is 88.2 Å². The van der Waals surface area contributed by atoms with Gasteiger partial charge in [0, 0.05) is 38.8 Å². The molecule has 0 aliphatic carbocycles. The molecule has 0 bridgehead atoms. The van der Waals surface area contributed by atoms with Gasteiger partial charge in [-0.3, -0.25) is 4.79 Å². The molecule has 9 heteroatoms. The third-order valence-electron chi connectivity index (χ3n) is 5.48. The molecule has 170 valence electrons. The molecule has 2 aliphatic rings. The smallest absolute Gasteiger partial charge is 0.244 e. The van der Waals surface area contributed by atoms with Gasteiger partial charge in [-0.25, -0.2) is 8.42 Å². The monoisotopic (exact) mass is 457 g/mol. The van der Waals surface area contributed by atoms with Gasteiger partial charge in [-0.1, -0.05) is 18.2 Å². The summed E-state index contributed by atoms with van der Waals surface area (Å²) in [6.07, 6.45) is 3.16. The molecule has 4 rings (SSSR count). The molecule has 2 aliphatic heterocycles. The summed E-state index contributed by atoms with van der Waals surface area (Å²) in [6.45, 7) is 3.79. The zero-order chi connectivity index (χ0) is 22.6. The minimum absolute atomic E-state index is 0.242. The van der Waals surface area contributed by atoms with Crippen LogP contribution in [0, 0.1) is 0 Å². The Labute approximate surface area is 188 Å². The maximum absolute atomic E-state index is 12.8. The fraction of sp³-hybridized carbons (Fsp3) is 0.348. The van der Waals surface area contributed by atoms with Crippen LogP contribution in [0.25, 0.3) is 6.08 Å². The van der Waals surface area contributed by atoms with Crippen LogP contribution in [-0.2, 0) is 21.4 Å². The number of hydrogen-bond donors (Lipinski definition) is 1. The maximum atomic E-state index is 12.8. The Hall–Kier alpha value is -2.88. The third kappa shape index (κ3) is 5.29. The number of fused-ring (bicyclic) bond motifs is 1. The molecule has 0 spiro atoms. The summed E-state index contributed by atoms with van der Waals surface area (Å²) in [7, 11) is -1.51. The number of ether oxygens (including phenoxy) is 2. The van der Waals surface area contributed by atoms with Gasteiger partial charge in [0.25, 0.3) is 0 Å². The summed E-state index contributed by atoms with van der Waals surface area (Å²) in [4.78, 5) is 14.6. The van der Waals surface area contributed by atoms with Gasteiger partial charge < -0.3 is 19.7 Å². The lowest BCUT2D eigenvalue weighted by Gasteiger charge is -2.31. The first-order chi connectivity index (χ1) is 15.4. The first-order valence-corrected chi connectivity index (χ1v) is 12.0. The highest BCUT2D eigenvalue weighted by Crippen LogP contribution is 2.31. The summed E-state index contributed by atoms with van der Waals surface area (Å²) >= 11 is 0. The molecular formula is C23H27N3O5S. The van der Waals surface area contributed by atoms with Crippen molar-refractivity contribution in [1.29, 1.82) is 0 Å². The lowest BCUT2D eigenvalue weighted by Crippen LogP contribution is -2.46. The number of likely N-dealkylation sites (N-methyl/N-ethyl adjacent to an activating group) is 1. The Balaban J connectivity index is 1.31. The largest absolute Gasteiger partial charge is 0.486 e. The number of carbonyl (C=O) groups excluding carboxylic acids is 1. The second-order valence-corrected chi connectivity index (χ2v) is 9.74. The molecule has 0 atom stereocenters. The normalized spacial score (nSPS) is 17.4. The fourth-order valence-corrected chi connectivity index (χ4v) is 4.96. The summed E-state index contributed by atoms with van der Waals surface area (Å²) in [6, 6.07) is 12.2. The van der Waals surface area contributed by atoms with E-state index in [4.69, 9.17) is 9.47 Å². The Morgan fingerprint density at radius 1 is 1.00 bits per heavy atom. The van der Waals surface area contributed by atoms with Crippen molar-refractivity contribution in [3.63, 3.8) is 0 Å². The number of amides is 1. The molecule has 1 amide bonds. The van der Waals surface area contributed by atoms with Crippen LogP contribution in [0.3, 0.4) is 0 Å². The summed E-state index contributed by atoms with van der Waals surface area (Å²) < 4.78 is 38.1. The average Bonchev–Trinajstić information content (AvgIpc) is 2.82. The van der Waals surface area contributed by atoms with Crippen molar-refractivity contribution in [2.75, 3.05) is 46.4 Å². The molecule has 1 N–H and O–H groups in total. The van der Waals surface area contributed by atoms with Gasteiger partial charge in [-0.15, -0.1) is 0 Å². The van der Waals surface area contributed by atoms with Crippen LogP contribution < -0.4 is 14.8 Å². The first kappa shape index (κ1) is 22.3. The third-order valence-corrected chi connectivity index (χ3v) is 7.40. The highest BCUT2D eigenvalue weighted by molar-refractivity contribution is 7.89. The number of piperazine rings is 1. The number of carbonyl (C=O) groups is 1. The molecule has 2 aromatic carbocycles. The van der Waals surface area contributed by atoms with Crippen LogP contribution in [0.4, 0.5) is 0 Å². The quantitative estimate of drug-likeness (QED) is 0.665. The Kier molecular flexibility index (Phi) is 6.78. The number of benzene rings is 2. The Morgan fingerprint density at radius 3 is 2.41 bits per heavy atom. The fourth-order valence-electron chi connectivity index (χ4n) is 3.54. The van der Waals surface area contributed by atoms with E-state index in [2.05, 4.69) is 10.2 Å². The van der Waals surface area contributed by atoms with Crippen molar-refractivity contribution in [3.8, 4) is 11.5 Å². The van der Waals surface area contributed by atoms with Gasteiger partial charge in [-0.05, 0) is 48.5 Å². The second-order valence-electron chi connectivity index (χ2n) is 7.81. The Bertz CT molecular complexity index is 1090. The maximum Gasteiger partial charge on any atom is 0.244 e. The molecule has 32 heavy (non-hydrogen) atoms. The molecule has 0 radical (unpaired) electrons. The lowest BCUT2D eigenvalue weighted by atomic mass is 10.1. The van der Waals surface area contributed by atoms with Crippen molar-refractivity contribution in [1.82, 2.24) is 14.5 Å². The molecule has 1 saturated heterocycles. The van der Waals surface area contributed by atoms with Gasteiger partial charge in [0.1, 0.15) is 13.2 Å². The van der Waals surface area contributed by atoms with E-state index in [-0.39, 0.29) is 10.8 Å². The summed E-state index contributed by atoms with van der Waals surface area (Å²) in [5.74, 6) is 1.13. The minimum atomic E-state index is -3.49. The summed E-state index contributed by atoms with van der Waals surface area (Å²) in [5, 5.41) is 2.81. The zero-order valence-electron chi connectivity index (χ0n) is 18.0. The SMILES string of the molecule is CN1CCN(S(=O)(=O)c2ccc(CNC(=O)/C=C\c3ccc4c(c3)OCCO4)cc2)CC1. The Morgan fingerprint density at radius 2 is 1.69 bits per heavy atom. The van der Waals surface area contributed by atoms with E-state index in [1.54, 1.807) is 30.3 Å². The van der Waals surface area contributed by atoms with Crippen LogP contribution in [-0.4, -0.2) is 70.0 Å². The van der Waals surface area contributed by atoms with E-state index in [1.807, 2.05) is 25.2 Å². The van der Waals surface area contributed by atoms with Crippen molar-refractivity contribution in [2.45, 2.75) is 11.4 Å². The van der Waals surface area contributed by atoms with Crippen molar-refractivity contribution in [2.24, 2.45) is 0 Å². The van der Waals surface area contributed by atoms with Gasteiger partial charge in [0.05, 0.1) is 4.90 Å². The predicted molar refractivity (Wildman–Crippen MR) is 121 cm³/mol.